The minimum atomic E-state index is -0.857. The molecule has 0 heterocycles. The van der Waals surface area contributed by atoms with Crippen molar-refractivity contribution in [3.05, 3.63) is 0 Å². The first-order valence-electron chi connectivity index (χ1n) is 6.57. The molecule has 0 aromatic carbocycles. The largest absolute Gasteiger partial charge is 0.481 e. The van der Waals surface area contributed by atoms with Gasteiger partial charge < -0.3 is 19.7 Å². The molecule has 5 heteroatoms. The van der Waals surface area contributed by atoms with Gasteiger partial charge in [-0.2, -0.15) is 0 Å². The number of hydrogen-bond donors (Lipinski definition) is 2. The molecule has 0 aliphatic heterocycles. The molecule has 106 valence electrons. The molecule has 0 unspecified atom stereocenters. The summed E-state index contributed by atoms with van der Waals surface area (Å²) in [6.45, 7) is 5.16. The summed E-state index contributed by atoms with van der Waals surface area (Å²) in [6.07, 6.45) is 2.22. The molecule has 0 saturated heterocycles. The highest BCUT2D eigenvalue weighted by Gasteiger charge is 2.35. The molecule has 0 radical (unpaired) electrons. The van der Waals surface area contributed by atoms with Crippen LogP contribution in [0, 0.1) is 5.92 Å². The van der Waals surface area contributed by atoms with Crippen molar-refractivity contribution in [3.63, 3.8) is 0 Å². The number of carboxylic acid groups (broad SMARTS) is 1. The van der Waals surface area contributed by atoms with Crippen molar-refractivity contribution in [1.82, 2.24) is 0 Å². The third-order valence-electron chi connectivity index (χ3n) is 3.32. The summed E-state index contributed by atoms with van der Waals surface area (Å²) in [5, 5.41) is 19.1. The predicted molar refractivity (Wildman–Crippen MR) is 66.5 cm³/mol. The van der Waals surface area contributed by atoms with Gasteiger partial charge in [-0.15, -0.1) is 0 Å². The van der Waals surface area contributed by atoms with Gasteiger partial charge in [0.15, 0.2) is 0 Å². The van der Waals surface area contributed by atoms with Crippen molar-refractivity contribution in [2.24, 2.45) is 5.92 Å². The zero-order chi connectivity index (χ0) is 13.6. The van der Waals surface area contributed by atoms with E-state index in [-0.39, 0.29) is 18.6 Å². The van der Waals surface area contributed by atoms with E-state index in [1.165, 1.54) is 0 Å². The van der Waals surface area contributed by atoms with E-state index in [1.54, 1.807) is 0 Å². The highest BCUT2D eigenvalue weighted by Crippen LogP contribution is 2.32. The smallest absolute Gasteiger partial charge is 0.306 e. The Morgan fingerprint density at radius 2 is 1.94 bits per heavy atom. The maximum absolute atomic E-state index is 10.8. The average Bonchev–Trinajstić information content (AvgIpc) is 2.28. The molecule has 0 aromatic heterocycles. The minimum Gasteiger partial charge on any atom is -0.481 e. The van der Waals surface area contributed by atoms with Gasteiger partial charge in [-0.25, -0.2) is 0 Å². The normalized spacial score (nSPS) is 28.6. The Labute approximate surface area is 108 Å². The zero-order valence-corrected chi connectivity index (χ0v) is 11.2. The molecule has 0 spiro atoms. The van der Waals surface area contributed by atoms with Crippen molar-refractivity contribution in [3.8, 4) is 0 Å². The molecule has 0 amide bonds. The summed E-state index contributed by atoms with van der Waals surface area (Å²) in [7, 11) is 0. The Morgan fingerprint density at radius 3 is 2.44 bits per heavy atom. The van der Waals surface area contributed by atoms with Crippen LogP contribution in [0.2, 0.25) is 0 Å². The Balaban J connectivity index is 2.16. The second kappa shape index (κ2) is 7.07. The molecule has 18 heavy (non-hydrogen) atoms. The molecular weight excluding hydrogens is 236 g/mol. The van der Waals surface area contributed by atoms with Gasteiger partial charge in [-0.3, -0.25) is 4.79 Å². The van der Waals surface area contributed by atoms with E-state index in [0.717, 1.165) is 0 Å². The monoisotopic (exact) mass is 260 g/mol. The lowest BCUT2D eigenvalue weighted by Crippen LogP contribution is -2.40. The van der Waals surface area contributed by atoms with Crippen LogP contribution in [0.4, 0.5) is 0 Å². The van der Waals surface area contributed by atoms with Crippen LogP contribution in [0.1, 0.15) is 39.5 Å². The van der Waals surface area contributed by atoms with Crippen molar-refractivity contribution < 1.29 is 24.5 Å². The van der Waals surface area contributed by atoms with Crippen molar-refractivity contribution in [1.29, 1.82) is 0 Å². The van der Waals surface area contributed by atoms with Crippen LogP contribution in [0.3, 0.4) is 0 Å². The Bertz CT molecular complexity index is 256. The standard InChI is InChI=1S/C13H24O5/c1-10(2)18-8-7-17-9-13(16)5-3-11(4-6-13)12(14)15/h10-11,16H,3-9H2,1-2H3,(H,14,15). The van der Waals surface area contributed by atoms with E-state index in [1.807, 2.05) is 13.8 Å². The van der Waals surface area contributed by atoms with Crippen LogP contribution in [0.5, 0.6) is 0 Å². The SMILES string of the molecule is CC(C)OCCOCC1(O)CCC(C(=O)O)CC1. The molecule has 1 rings (SSSR count). The van der Waals surface area contributed by atoms with Gasteiger partial charge in [0.25, 0.3) is 0 Å². The molecule has 0 aromatic rings. The van der Waals surface area contributed by atoms with E-state index >= 15 is 0 Å². The van der Waals surface area contributed by atoms with Gasteiger partial charge in [-0.05, 0) is 39.5 Å². The predicted octanol–water partition coefficient (Wildman–Crippen LogP) is 1.43. The maximum Gasteiger partial charge on any atom is 0.306 e. The molecular formula is C13H24O5. The van der Waals surface area contributed by atoms with Gasteiger partial charge in [0.05, 0.1) is 37.4 Å². The molecule has 1 aliphatic carbocycles. The van der Waals surface area contributed by atoms with Crippen molar-refractivity contribution in [2.45, 2.75) is 51.2 Å². The van der Waals surface area contributed by atoms with E-state index in [0.29, 0.717) is 38.9 Å². The topological polar surface area (TPSA) is 76.0 Å². The summed E-state index contributed by atoms with van der Waals surface area (Å²) in [5.74, 6) is -1.07. The average molecular weight is 260 g/mol. The number of aliphatic hydroxyl groups is 1. The second-order valence-corrected chi connectivity index (χ2v) is 5.31. The lowest BCUT2D eigenvalue weighted by molar-refractivity contribution is -0.146. The lowest BCUT2D eigenvalue weighted by Gasteiger charge is -2.34. The third-order valence-corrected chi connectivity index (χ3v) is 3.32. The molecule has 5 nitrogen and oxygen atoms in total. The van der Waals surface area contributed by atoms with E-state index in [2.05, 4.69) is 0 Å². The van der Waals surface area contributed by atoms with E-state index < -0.39 is 11.6 Å². The van der Waals surface area contributed by atoms with Gasteiger partial charge in [-0.1, -0.05) is 0 Å². The van der Waals surface area contributed by atoms with Gasteiger partial charge in [0.2, 0.25) is 0 Å². The fraction of sp³-hybridized carbons (Fsp3) is 0.923. The van der Waals surface area contributed by atoms with Crippen LogP contribution in [0.25, 0.3) is 0 Å². The fourth-order valence-corrected chi connectivity index (χ4v) is 2.15. The minimum absolute atomic E-state index is 0.183. The highest BCUT2D eigenvalue weighted by atomic mass is 16.5. The lowest BCUT2D eigenvalue weighted by atomic mass is 9.79. The van der Waals surface area contributed by atoms with Crippen LogP contribution in [-0.2, 0) is 14.3 Å². The zero-order valence-electron chi connectivity index (χ0n) is 11.2. The number of hydrogen-bond acceptors (Lipinski definition) is 4. The molecule has 0 atom stereocenters. The quantitative estimate of drug-likeness (QED) is 0.677. The van der Waals surface area contributed by atoms with Crippen LogP contribution >= 0.6 is 0 Å². The number of carbonyl (C=O) groups is 1. The van der Waals surface area contributed by atoms with Gasteiger partial charge in [0, 0.05) is 0 Å². The summed E-state index contributed by atoms with van der Waals surface area (Å²) in [6, 6.07) is 0. The summed E-state index contributed by atoms with van der Waals surface area (Å²) >= 11 is 0. The number of carboxylic acids is 1. The van der Waals surface area contributed by atoms with Crippen molar-refractivity contribution >= 4 is 5.97 Å². The number of ether oxygens (including phenoxy) is 2. The Kier molecular flexibility index (Phi) is 6.05. The second-order valence-electron chi connectivity index (χ2n) is 5.31. The first kappa shape index (κ1) is 15.4. The molecule has 0 bridgehead atoms. The van der Waals surface area contributed by atoms with Crippen LogP contribution < -0.4 is 0 Å². The molecule has 1 aliphatic rings. The van der Waals surface area contributed by atoms with Crippen LogP contribution in [-0.4, -0.2) is 47.7 Å². The summed E-state index contributed by atoms with van der Waals surface area (Å²) in [5.41, 5.74) is -0.857. The molecule has 1 saturated carbocycles. The van der Waals surface area contributed by atoms with E-state index in [9.17, 15) is 9.90 Å². The summed E-state index contributed by atoms with van der Waals surface area (Å²) < 4.78 is 10.7. The maximum atomic E-state index is 10.8. The highest BCUT2D eigenvalue weighted by molar-refractivity contribution is 5.70. The Morgan fingerprint density at radius 1 is 1.33 bits per heavy atom. The molecule has 1 fully saturated rings. The van der Waals surface area contributed by atoms with Gasteiger partial charge in [0.1, 0.15) is 0 Å². The molecule has 2 N–H and O–H groups in total. The first-order valence-corrected chi connectivity index (χ1v) is 6.57. The third kappa shape index (κ3) is 5.33. The van der Waals surface area contributed by atoms with Gasteiger partial charge >= 0.3 is 5.97 Å². The number of aliphatic carboxylic acids is 1. The van der Waals surface area contributed by atoms with E-state index in [4.69, 9.17) is 14.6 Å². The first-order chi connectivity index (χ1) is 8.43. The summed E-state index contributed by atoms with van der Waals surface area (Å²) in [4.78, 5) is 10.8. The van der Waals surface area contributed by atoms with Crippen molar-refractivity contribution in [2.75, 3.05) is 19.8 Å². The number of rotatable bonds is 7. The van der Waals surface area contributed by atoms with Crippen LogP contribution in [0.15, 0.2) is 0 Å². The Hall–Kier alpha value is -0.650. The fourth-order valence-electron chi connectivity index (χ4n) is 2.15.